The van der Waals surface area contributed by atoms with E-state index < -0.39 is 17.7 Å². The number of anilines is 1. The number of aromatic nitrogens is 2. The molecule has 0 bridgehead atoms. The molecule has 1 saturated heterocycles. The van der Waals surface area contributed by atoms with E-state index in [4.69, 9.17) is 18.9 Å². The van der Waals surface area contributed by atoms with Gasteiger partial charge in [0.2, 0.25) is 5.13 Å². The van der Waals surface area contributed by atoms with Crippen molar-refractivity contribution in [2.45, 2.75) is 29.7 Å². The van der Waals surface area contributed by atoms with Crippen molar-refractivity contribution in [1.82, 2.24) is 10.2 Å². The molecule has 2 aliphatic heterocycles. The number of carbonyl (C=O) groups excluding carboxylic acids is 2. The first-order valence-electron chi connectivity index (χ1n) is 15.7. The summed E-state index contributed by atoms with van der Waals surface area (Å²) in [6.07, 6.45) is 0. The van der Waals surface area contributed by atoms with Crippen LogP contribution in [0, 0.1) is 5.82 Å². The summed E-state index contributed by atoms with van der Waals surface area (Å²) in [4.78, 5) is 29.0. The Morgan fingerprint density at radius 2 is 1.70 bits per heavy atom. The van der Waals surface area contributed by atoms with E-state index in [1.54, 1.807) is 48.5 Å². The number of hydrogen-bond donors (Lipinski definition) is 1. The Kier molecular flexibility index (Phi) is 9.67. The van der Waals surface area contributed by atoms with Crippen molar-refractivity contribution in [3.05, 3.63) is 125 Å². The van der Waals surface area contributed by atoms with Gasteiger partial charge in [0.25, 0.3) is 5.78 Å². The van der Waals surface area contributed by atoms with Gasteiger partial charge < -0.3 is 24.1 Å². The average molecular weight is 712 g/mol. The second kappa shape index (κ2) is 14.6. The highest BCUT2D eigenvalue weighted by molar-refractivity contribution is 8.00. The predicted molar refractivity (Wildman–Crippen MR) is 186 cm³/mol. The lowest BCUT2D eigenvalue weighted by Gasteiger charge is -2.24. The highest BCUT2D eigenvalue weighted by atomic mass is 32.2. The number of thioether (sulfide) groups is 1. The van der Waals surface area contributed by atoms with Crippen LogP contribution in [0.2, 0.25) is 0 Å². The third-order valence-electron chi connectivity index (χ3n) is 7.96. The lowest BCUT2D eigenvalue weighted by atomic mass is 9.95. The van der Waals surface area contributed by atoms with Crippen LogP contribution in [0.3, 0.4) is 0 Å². The number of ketones is 1. The summed E-state index contributed by atoms with van der Waals surface area (Å²) >= 11 is 2.50. The van der Waals surface area contributed by atoms with Crippen LogP contribution in [0.1, 0.15) is 35.2 Å². The maximum atomic E-state index is 13.9. The largest absolute Gasteiger partial charge is 0.507 e. The monoisotopic (exact) mass is 711 g/mol. The Labute approximate surface area is 295 Å². The van der Waals surface area contributed by atoms with Gasteiger partial charge in [0.1, 0.15) is 31.4 Å². The minimum absolute atomic E-state index is 0.136. The minimum atomic E-state index is -1.09. The summed E-state index contributed by atoms with van der Waals surface area (Å²) in [5.41, 5.74) is 2.47. The van der Waals surface area contributed by atoms with Crippen LogP contribution < -0.4 is 23.8 Å². The quantitative estimate of drug-likeness (QED) is 0.0490. The highest BCUT2D eigenvalue weighted by Gasteiger charge is 2.48. The zero-order chi connectivity index (χ0) is 34.6. The van der Waals surface area contributed by atoms with Gasteiger partial charge in [-0.05, 0) is 66.1 Å². The molecule has 50 heavy (non-hydrogen) atoms. The topological polar surface area (TPSA) is 120 Å². The molecule has 4 aromatic carbocycles. The summed E-state index contributed by atoms with van der Waals surface area (Å²) < 4.78 is 37.4. The summed E-state index contributed by atoms with van der Waals surface area (Å²) in [5.74, 6) is -0.185. The van der Waals surface area contributed by atoms with E-state index in [9.17, 15) is 19.1 Å². The minimum Gasteiger partial charge on any atom is -0.507 e. The first-order chi connectivity index (χ1) is 24.4. The molecular weight excluding hydrogens is 682 g/mol. The number of amides is 1. The van der Waals surface area contributed by atoms with Crippen LogP contribution in [0.25, 0.3) is 5.76 Å². The van der Waals surface area contributed by atoms with E-state index in [2.05, 4.69) is 10.2 Å². The summed E-state index contributed by atoms with van der Waals surface area (Å²) in [7, 11) is 0. The van der Waals surface area contributed by atoms with Gasteiger partial charge in [0, 0.05) is 11.3 Å². The smallest absolute Gasteiger partial charge is 0.301 e. The number of Topliss-reactive ketones (excluding diaryl/α,β-unsaturated/α-hetero) is 1. The van der Waals surface area contributed by atoms with E-state index in [1.165, 1.54) is 28.8 Å². The Bertz CT molecular complexity index is 2070. The van der Waals surface area contributed by atoms with E-state index >= 15 is 0 Å². The molecule has 0 aliphatic carbocycles. The second-order valence-corrected chi connectivity index (χ2v) is 13.4. The van der Waals surface area contributed by atoms with Crippen LogP contribution >= 0.6 is 23.1 Å². The zero-order valence-electron chi connectivity index (χ0n) is 26.7. The lowest BCUT2D eigenvalue weighted by molar-refractivity contribution is -0.132. The second-order valence-electron chi connectivity index (χ2n) is 11.2. The van der Waals surface area contributed by atoms with E-state index in [-0.39, 0.29) is 27.8 Å². The van der Waals surface area contributed by atoms with E-state index in [1.807, 2.05) is 37.3 Å². The Morgan fingerprint density at radius 3 is 2.48 bits per heavy atom. The fraction of sp³-hybridized carbons (Fsp3) is 0.189. The van der Waals surface area contributed by atoms with Crippen LogP contribution in [0.15, 0.2) is 101 Å². The number of hydrogen-bond acceptors (Lipinski definition) is 11. The molecule has 10 nitrogen and oxygen atoms in total. The maximum absolute atomic E-state index is 13.9. The van der Waals surface area contributed by atoms with E-state index in [0.29, 0.717) is 65.1 Å². The van der Waals surface area contributed by atoms with Crippen molar-refractivity contribution in [2.24, 2.45) is 0 Å². The molecule has 0 spiro atoms. The standard InChI is InChI=1S/C37H30FN3O7S2/c1-2-45-29-18-24(10-14-28(29)48-20-22-6-4-3-5-7-22)32-31(33(42)25-11-15-27-30(19-25)47-17-16-46-27)34(43)35(44)41(32)36-39-40-37(50-36)49-21-23-8-12-26(38)13-9-23/h3-15,18-19,32,42H,2,16-17,20-21H2,1H3. The predicted octanol–water partition coefficient (Wildman–Crippen LogP) is 7.34. The van der Waals surface area contributed by atoms with Crippen molar-refractivity contribution < 1.29 is 38.0 Å². The van der Waals surface area contributed by atoms with Gasteiger partial charge in [-0.1, -0.05) is 71.6 Å². The molecule has 13 heteroatoms. The normalized spacial score (nSPS) is 16.4. The number of benzene rings is 4. The Hall–Kier alpha value is -5.40. The van der Waals surface area contributed by atoms with Crippen molar-refractivity contribution in [2.75, 3.05) is 24.7 Å². The number of aliphatic hydroxyl groups excluding tert-OH is 1. The van der Waals surface area contributed by atoms with E-state index in [0.717, 1.165) is 22.5 Å². The number of halogens is 1. The molecule has 0 radical (unpaired) electrons. The molecule has 1 fully saturated rings. The Morgan fingerprint density at radius 1 is 0.920 bits per heavy atom. The fourth-order valence-corrected chi connectivity index (χ4v) is 7.42. The average Bonchev–Trinajstić information content (AvgIpc) is 3.72. The molecule has 1 atom stereocenters. The number of ether oxygens (including phenoxy) is 4. The maximum Gasteiger partial charge on any atom is 0.301 e. The van der Waals surface area contributed by atoms with Gasteiger partial charge in [-0.25, -0.2) is 4.39 Å². The van der Waals surface area contributed by atoms with Crippen LogP contribution in [-0.2, 0) is 21.9 Å². The van der Waals surface area contributed by atoms with Gasteiger partial charge in [-0.3, -0.25) is 14.5 Å². The molecule has 1 unspecified atom stereocenters. The third-order valence-corrected chi connectivity index (χ3v) is 10.1. The first kappa shape index (κ1) is 33.1. The summed E-state index contributed by atoms with van der Waals surface area (Å²) in [5, 5.41) is 20.5. The fourth-order valence-electron chi connectivity index (χ4n) is 5.59. The zero-order valence-corrected chi connectivity index (χ0v) is 28.3. The number of carbonyl (C=O) groups is 2. The third kappa shape index (κ3) is 6.87. The number of aliphatic hydroxyl groups is 1. The lowest BCUT2D eigenvalue weighted by Crippen LogP contribution is -2.29. The molecule has 5 aromatic rings. The van der Waals surface area contributed by atoms with Crippen LogP contribution in [-0.4, -0.2) is 46.8 Å². The first-order valence-corrected chi connectivity index (χ1v) is 17.5. The molecule has 1 amide bonds. The molecule has 7 rings (SSSR count). The van der Waals surface area contributed by atoms with Crippen molar-refractivity contribution in [3.63, 3.8) is 0 Å². The molecule has 254 valence electrons. The number of rotatable bonds is 11. The molecule has 2 aliphatic rings. The van der Waals surface area contributed by atoms with Gasteiger partial charge in [0.15, 0.2) is 27.3 Å². The van der Waals surface area contributed by atoms with Gasteiger partial charge >= 0.3 is 5.91 Å². The molecule has 1 aromatic heterocycles. The summed E-state index contributed by atoms with van der Waals surface area (Å²) in [6, 6.07) is 24.7. The van der Waals surface area contributed by atoms with Crippen molar-refractivity contribution in [3.8, 4) is 23.0 Å². The highest BCUT2D eigenvalue weighted by Crippen LogP contribution is 2.46. The van der Waals surface area contributed by atoms with Gasteiger partial charge in [-0.2, -0.15) is 0 Å². The number of nitrogens with zero attached hydrogens (tertiary/aromatic N) is 3. The SMILES string of the molecule is CCOc1cc(C2C(=C(O)c3ccc4c(c3)OCCO4)C(=O)C(=O)N2c2nnc(SCc3ccc(F)cc3)s2)ccc1OCc1ccccc1. The number of fused-ring (bicyclic) bond motifs is 1. The van der Waals surface area contributed by atoms with Crippen LogP contribution in [0.4, 0.5) is 9.52 Å². The molecule has 0 saturated carbocycles. The Balaban J connectivity index is 1.28. The van der Waals surface area contributed by atoms with Crippen LogP contribution in [0.5, 0.6) is 23.0 Å². The summed E-state index contributed by atoms with van der Waals surface area (Å²) in [6.45, 7) is 3.19. The van der Waals surface area contributed by atoms with Gasteiger partial charge in [0.05, 0.1) is 18.2 Å². The molecule has 3 heterocycles. The van der Waals surface area contributed by atoms with Crippen molar-refractivity contribution in [1.29, 1.82) is 0 Å². The molecule has 1 N–H and O–H groups in total. The van der Waals surface area contributed by atoms with Crippen molar-refractivity contribution >= 4 is 45.7 Å². The molecular formula is C37H30FN3O7S2. The van der Waals surface area contributed by atoms with Gasteiger partial charge in [-0.15, -0.1) is 10.2 Å².